The van der Waals surface area contributed by atoms with E-state index in [1.165, 1.54) is 4.90 Å². The van der Waals surface area contributed by atoms with Crippen LogP contribution in [0.1, 0.15) is 19.8 Å². The van der Waals surface area contributed by atoms with Gasteiger partial charge in [0.2, 0.25) is 0 Å². The van der Waals surface area contributed by atoms with Crippen LogP contribution in [0.2, 0.25) is 0 Å². The molecule has 3 unspecified atom stereocenters. The lowest BCUT2D eigenvalue weighted by Crippen LogP contribution is -2.55. The molecule has 2 amide bonds. The van der Waals surface area contributed by atoms with Gasteiger partial charge in [0.15, 0.2) is 9.84 Å². The Kier molecular flexibility index (Phi) is 3.71. The Morgan fingerprint density at radius 1 is 1.42 bits per heavy atom. The second-order valence-corrected chi connectivity index (χ2v) is 7.56. The fourth-order valence-electron chi connectivity index (χ4n) is 2.29. The van der Waals surface area contributed by atoms with Crippen molar-refractivity contribution in [2.75, 3.05) is 18.1 Å². The highest BCUT2D eigenvalue weighted by molar-refractivity contribution is 7.91. The zero-order chi connectivity index (χ0) is 14.2. The second-order valence-electron chi connectivity index (χ2n) is 5.33. The third-order valence-electron chi connectivity index (χ3n) is 3.62. The van der Waals surface area contributed by atoms with Crippen LogP contribution >= 0.6 is 0 Å². The minimum Gasteiger partial charge on any atom is -0.481 e. The molecule has 0 aromatic rings. The molecule has 2 aliphatic rings. The summed E-state index contributed by atoms with van der Waals surface area (Å²) in [6.07, 6.45) is 0.578. The quantitative estimate of drug-likeness (QED) is 0.741. The van der Waals surface area contributed by atoms with Gasteiger partial charge in [0, 0.05) is 12.6 Å². The molecule has 2 fully saturated rings. The van der Waals surface area contributed by atoms with E-state index < -0.39 is 21.8 Å². The lowest BCUT2D eigenvalue weighted by atomic mass is 10.2. The number of aliphatic carboxylic acids is 1. The number of nitrogens with zero attached hydrogens (tertiary/aromatic N) is 1. The summed E-state index contributed by atoms with van der Waals surface area (Å²) in [7, 11) is -3.25. The van der Waals surface area contributed by atoms with Crippen LogP contribution in [0.25, 0.3) is 0 Å². The Morgan fingerprint density at radius 3 is 2.58 bits per heavy atom. The number of carboxylic acid groups (broad SMARTS) is 1. The molecule has 0 radical (unpaired) electrons. The molecule has 8 heteroatoms. The number of nitrogens with one attached hydrogen (secondary N) is 1. The molecule has 0 bridgehead atoms. The predicted octanol–water partition coefficient (Wildman–Crippen LogP) is -0.322. The molecule has 1 aliphatic heterocycles. The van der Waals surface area contributed by atoms with E-state index in [0.717, 1.165) is 6.42 Å². The standard InChI is InChI=1S/C11H18N2O5S/c1-7-4-9(7)12-11(16)13-2-3-19(17,18)6-8(13)5-10(14)15/h7-9H,2-6H2,1H3,(H,12,16)(H,14,15). The van der Waals surface area contributed by atoms with E-state index >= 15 is 0 Å². The van der Waals surface area contributed by atoms with Gasteiger partial charge in [0.25, 0.3) is 0 Å². The van der Waals surface area contributed by atoms with E-state index in [1.54, 1.807) is 0 Å². The number of sulfone groups is 1. The Balaban J connectivity index is 2.03. The Labute approximate surface area is 111 Å². The molecule has 0 spiro atoms. The van der Waals surface area contributed by atoms with Gasteiger partial charge in [0.05, 0.1) is 24.0 Å². The van der Waals surface area contributed by atoms with Crippen LogP contribution in [0.3, 0.4) is 0 Å². The lowest BCUT2D eigenvalue weighted by Gasteiger charge is -2.34. The fourth-order valence-corrected chi connectivity index (χ4v) is 3.81. The molecule has 0 aromatic heterocycles. The summed E-state index contributed by atoms with van der Waals surface area (Å²) in [6, 6.07) is -0.989. The third-order valence-corrected chi connectivity index (χ3v) is 5.32. The lowest BCUT2D eigenvalue weighted by molar-refractivity contribution is -0.138. The first kappa shape index (κ1) is 14.1. The molecule has 108 valence electrons. The van der Waals surface area contributed by atoms with Crippen molar-refractivity contribution in [3.8, 4) is 0 Å². The number of urea groups is 1. The summed E-state index contributed by atoms with van der Waals surface area (Å²) in [5.41, 5.74) is 0. The Hall–Kier alpha value is -1.31. The van der Waals surface area contributed by atoms with Crippen LogP contribution in [0, 0.1) is 5.92 Å². The number of carbonyl (C=O) groups excluding carboxylic acids is 1. The molecule has 2 N–H and O–H groups in total. The first-order valence-corrected chi connectivity index (χ1v) is 8.10. The minimum atomic E-state index is -3.25. The maximum Gasteiger partial charge on any atom is 0.317 e. The van der Waals surface area contributed by atoms with Gasteiger partial charge in [-0.1, -0.05) is 6.92 Å². The van der Waals surface area contributed by atoms with Crippen LogP contribution in [-0.2, 0) is 14.6 Å². The van der Waals surface area contributed by atoms with Crippen molar-refractivity contribution < 1.29 is 23.1 Å². The molecule has 7 nitrogen and oxygen atoms in total. The number of amides is 2. The predicted molar refractivity (Wildman–Crippen MR) is 67.5 cm³/mol. The van der Waals surface area contributed by atoms with Crippen LogP contribution in [-0.4, -0.2) is 60.6 Å². The fraction of sp³-hybridized carbons (Fsp3) is 0.818. The average Bonchev–Trinajstić information content (AvgIpc) is 2.91. The summed E-state index contributed by atoms with van der Waals surface area (Å²) < 4.78 is 23.1. The molecular weight excluding hydrogens is 272 g/mol. The van der Waals surface area contributed by atoms with Crippen molar-refractivity contribution in [3.63, 3.8) is 0 Å². The van der Waals surface area contributed by atoms with Crippen molar-refractivity contribution in [2.24, 2.45) is 5.92 Å². The van der Waals surface area contributed by atoms with Gasteiger partial charge in [-0.25, -0.2) is 13.2 Å². The van der Waals surface area contributed by atoms with Crippen LogP contribution in [0.5, 0.6) is 0 Å². The van der Waals surface area contributed by atoms with Crippen molar-refractivity contribution in [2.45, 2.75) is 31.8 Å². The topological polar surface area (TPSA) is 104 Å². The SMILES string of the molecule is CC1CC1NC(=O)N1CCS(=O)(=O)CC1CC(=O)O. The van der Waals surface area contributed by atoms with Gasteiger partial charge in [-0.05, 0) is 12.3 Å². The highest BCUT2D eigenvalue weighted by Crippen LogP contribution is 2.29. The number of carboxylic acids is 1. The molecule has 19 heavy (non-hydrogen) atoms. The maximum atomic E-state index is 12.0. The van der Waals surface area contributed by atoms with E-state index in [9.17, 15) is 18.0 Å². The van der Waals surface area contributed by atoms with Crippen molar-refractivity contribution in [3.05, 3.63) is 0 Å². The van der Waals surface area contributed by atoms with Gasteiger partial charge in [0.1, 0.15) is 0 Å². The van der Waals surface area contributed by atoms with Crippen LogP contribution < -0.4 is 5.32 Å². The van der Waals surface area contributed by atoms with Gasteiger partial charge in [-0.15, -0.1) is 0 Å². The van der Waals surface area contributed by atoms with E-state index in [2.05, 4.69) is 5.32 Å². The molecule has 1 saturated carbocycles. The summed E-state index contributed by atoms with van der Waals surface area (Å²) >= 11 is 0. The first-order valence-electron chi connectivity index (χ1n) is 6.28. The normalized spacial score (nSPS) is 32.7. The average molecular weight is 290 g/mol. The van der Waals surface area contributed by atoms with E-state index in [4.69, 9.17) is 5.11 Å². The smallest absolute Gasteiger partial charge is 0.317 e. The van der Waals surface area contributed by atoms with Gasteiger partial charge < -0.3 is 15.3 Å². The molecule has 1 aliphatic carbocycles. The summed E-state index contributed by atoms with van der Waals surface area (Å²) in [5, 5.41) is 11.6. The van der Waals surface area contributed by atoms with E-state index in [1.807, 2.05) is 6.92 Å². The molecular formula is C11H18N2O5S. The van der Waals surface area contributed by atoms with Crippen molar-refractivity contribution in [1.82, 2.24) is 10.2 Å². The Morgan fingerprint density at radius 2 is 2.05 bits per heavy atom. The van der Waals surface area contributed by atoms with Gasteiger partial charge in [-0.3, -0.25) is 4.79 Å². The minimum absolute atomic E-state index is 0.0627. The zero-order valence-electron chi connectivity index (χ0n) is 10.7. The zero-order valence-corrected chi connectivity index (χ0v) is 11.5. The number of hydrogen-bond donors (Lipinski definition) is 2. The van der Waals surface area contributed by atoms with Gasteiger partial charge in [-0.2, -0.15) is 0 Å². The molecule has 0 aromatic carbocycles. The highest BCUT2D eigenvalue weighted by atomic mass is 32.2. The molecule has 3 atom stereocenters. The van der Waals surface area contributed by atoms with Crippen LogP contribution in [0.15, 0.2) is 0 Å². The van der Waals surface area contributed by atoms with E-state index in [0.29, 0.717) is 5.92 Å². The summed E-state index contributed by atoms with van der Waals surface area (Å²) in [6.45, 7) is 2.08. The van der Waals surface area contributed by atoms with Gasteiger partial charge >= 0.3 is 12.0 Å². The first-order chi connectivity index (χ1) is 8.78. The number of carbonyl (C=O) groups is 2. The maximum absolute atomic E-state index is 12.0. The Bertz CT molecular complexity index is 489. The summed E-state index contributed by atoms with van der Waals surface area (Å²) in [5.74, 6) is -1.03. The van der Waals surface area contributed by atoms with Crippen molar-refractivity contribution in [1.29, 1.82) is 0 Å². The van der Waals surface area contributed by atoms with Crippen LogP contribution in [0.4, 0.5) is 4.79 Å². The highest BCUT2D eigenvalue weighted by Gasteiger charge is 2.39. The largest absolute Gasteiger partial charge is 0.481 e. The molecule has 1 saturated heterocycles. The third kappa shape index (κ3) is 3.59. The van der Waals surface area contributed by atoms with E-state index in [-0.39, 0.29) is 36.5 Å². The number of hydrogen-bond acceptors (Lipinski definition) is 4. The second kappa shape index (κ2) is 4.99. The monoisotopic (exact) mass is 290 g/mol. The molecule has 1 heterocycles. The number of rotatable bonds is 3. The molecule has 2 rings (SSSR count). The summed E-state index contributed by atoms with van der Waals surface area (Å²) in [4.78, 5) is 24.2. The van der Waals surface area contributed by atoms with Crippen molar-refractivity contribution >= 4 is 21.8 Å².